The zero-order chi connectivity index (χ0) is 30.8. The number of allylic oxidation sites excluding steroid dienone is 1. The Bertz CT molecular complexity index is 1590. The molecule has 2 aromatic rings. The summed E-state index contributed by atoms with van der Waals surface area (Å²) in [4.78, 5) is 49.7. The van der Waals surface area contributed by atoms with E-state index in [0.717, 1.165) is 23.9 Å². The molecule has 4 rings (SSSR count). The Balaban J connectivity index is 1.41. The van der Waals surface area contributed by atoms with Crippen molar-refractivity contribution in [2.75, 3.05) is 25.0 Å². The molecule has 0 bridgehead atoms. The second-order valence-electron chi connectivity index (χ2n) is 9.90. The number of hydrogen-bond donors (Lipinski definition) is 3. The third-order valence-electron chi connectivity index (χ3n) is 6.92. The Morgan fingerprint density at radius 3 is 2.70 bits per heavy atom. The zero-order valence-electron chi connectivity index (χ0n) is 23.4. The van der Waals surface area contributed by atoms with E-state index < -0.39 is 18.1 Å². The van der Waals surface area contributed by atoms with Crippen LogP contribution in [0.4, 0.5) is 15.3 Å². The average molecular weight is 649 g/mol. The number of phenolic OH excluding ortho intramolecular Hbond substituents is 1. The molecule has 0 unspecified atom stereocenters. The summed E-state index contributed by atoms with van der Waals surface area (Å²) in [5.41, 5.74) is 7.30. The molecule has 0 aliphatic carbocycles. The summed E-state index contributed by atoms with van der Waals surface area (Å²) in [5.74, 6) is 3.79. The van der Waals surface area contributed by atoms with Crippen molar-refractivity contribution in [3.05, 3.63) is 81.5 Å². The summed E-state index contributed by atoms with van der Waals surface area (Å²) in [6.07, 6.45) is 1.05. The number of nitrogens with one attached hydrogen (secondary N) is 1. The van der Waals surface area contributed by atoms with Crippen molar-refractivity contribution in [3.63, 3.8) is 0 Å². The van der Waals surface area contributed by atoms with Crippen LogP contribution >= 0.6 is 15.9 Å². The van der Waals surface area contributed by atoms with Gasteiger partial charge >= 0.3 is 12.1 Å². The van der Waals surface area contributed by atoms with Gasteiger partial charge in [0.25, 0.3) is 5.91 Å². The number of aliphatic hydroxyl groups excluding tert-OH is 1. The standard InChI is InChI=1S/C31H30BrN5O6/c1-21(38)9-15-33-13-4-14-34-29(40)28(20-22-7-8-27(39)25(32)19-22)43-31(42)36-16-11-24(12-17-36)37-18-10-23-5-2-3-6-26(23)35-30(37)41/h2-3,5-8,13,19,24,28,38-39H,10-12,16-18,20H2,1H3,(H,35,41)/t28-/m1/s1. The van der Waals surface area contributed by atoms with Gasteiger partial charge in [-0.2, -0.15) is 9.98 Å². The Labute approximate surface area is 257 Å². The number of anilines is 1. The number of carbonyl (C=O) groups is 3. The second-order valence-corrected chi connectivity index (χ2v) is 10.8. The van der Waals surface area contributed by atoms with Crippen LogP contribution in [-0.4, -0.2) is 81.6 Å². The number of rotatable bonds is 6. The SMILES string of the molecule is CC(O)=C=C=NC=C=C=NC(=O)[C@@H](Cc1ccc(O)c(Br)c1)OC(=O)N1CCC(N2CCc3ccccc3NC2=O)CC1. The van der Waals surface area contributed by atoms with Gasteiger partial charge in [0.1, 0.15) is 11.5 Å². The van der Waals surface area contributed by atoms with Gasteiger partial charge < -0.3 is 30.1 Å². The molecule has 2 aromatic carbocycles. The van der Waals surface area contributed by atoms with Gasteiger partial charge in [0.05, 0.1) is 10.7 Å². The molecule has 222 valence electrons. The highest BCUT2D eigenvalue weighted by Crippen LogP contribution is 2.27. The maximum Gasteiger partial charge on any atom is 0.410 e. The van der Waals surface area contributed by atoms with Crippen LogP contribution < -0.4 is 5.32 Å². The highest BCUT2D eigenvalue weighted by atomic mass is 79.9. The molecule has 0 saturated carbocycles. The normalized spacial score (nSPS) is 15.2. The third-order valence-corrected chi connectivity index (χ3v) is 7.55. The second kappa shape index (κ2) is 14.9. The summed E-state index contributed by atoms with van der Waals surface area (Å²) in [7, 11) is 0. The van der Waals surface area contributed by atoms with Gasteiger partial charge in [0.2, 0.25) is 0 Å². The van der Waals surface area contributed by atoms with Gasteiger partial charge in [-0.15, -0.1) is 0 Å². The van der Waals surface area contributed by atoms with E-state index in [2.05, 4.69) is 54.4 Å². The van der Waals surface area contributed by atoms with Crippen molar-refractivity contribution in [2.24, 2.45) is 9.98 Å². The van der Waals surface area contributed by atoms with Crippen LogP contribution in [0.5, 0.6) is 5.75 Å². The maximum absolute atomic E-state index is 13.2. The first-order valence-electron chi connectivity index (χ1n) is 13.6. The molecule has 0 spiro atoms. The highest BCUT2D eigenvalue weighted by Gasteiger charge is 2.33. The number of likely N-dealkylation sites (tertiary alicyclic amines) is 1. The molecule has 4 amide bonds. The number of para-hydroxylation sites is 1. The number of ether oxygens (including phenoxy) is 1. The zero-order valence-corrected chi connectivity index (χ0v) is 25.0. The van der Waals surface area contributed by atoms with Gasteiger partial charge in [-0.05, 0) is 76.0 Å². The van der Waals surface area contributed by atoms with Crippen molar-refractivity contribution in [1.29, 1.82) is 0 Å². The minimum atomic E-state index is -1.27. The molecule has 0 aromatic heterocycles. The minimum absolute atomic E-state index is 0.00475. The summed E-state index contributed by atoms with van der Waals surface area (Å²) >= 11 is 3.25. The fourth-order valence-corrected chi connectivity index (χ4v) is 5.16. The summed E-state index contributed by atoms with van der Waals surface area (Å²) < 4.78 is 6.06. The number of aliphatic imine (C=N–C) groups is 2. The Morgan fingerprint density at radius 2 is 1.95 bits per heavy atom. The predicted octanol–water partition coefficient (Wildman–Crippen LogP) is 4.91. The number of aliphatic hydroxyl groups is 1. The van der Waals surface area contributed by atoms with Crippen LogP contribution in [0.1, 0.15) is 30.9 Å². The van der Waals surface area contributed by atoms with E-state index in [-0.39, 0.29) is 30.0 Å². The van der Waals surface area contributed by atoms with E-state index in [4.69, 9.17) is 9.84 Å². The molecule has 12 heteroatoms. The molecule has 2 heterocycles. The highest BCUT2D eigenvalue weighted by molar-refractivity contribution is 9.10. The molecular weight excluding hydrogens is 618 g/mol. The molecule has 11 nitrogen and oxygen atoms in total. The molecule has 3 N–H and O–H groups in total. The number of piperidine rings is 1. The lowest BCUT2D eigenvalue weighted by Crippen LogP contribution is -2.50. The van der Waals surface area contributed by atoms with Crippen molar-refractivity contribution in [3.8, 4) is 5.75 Å². The van der Waals surface area contributed by atoms with Gasteiger partial charge in [-0.1, -0.05) is 24.3 Å². The molecule has 2 aliphatic heterocycles. The largest absolute Gasteiger partial charge is 0.507 e. The Kier molecular flexibility index (Phi) is 10.8. The number of carbonyl (C=O) groups excluding carboxylic acids is 3. The van der Waals surface area contributed by atoms with E-state index in [9.17, 15) is 19.5 Å². The first-order valence-corrected chi connectivity index (χ1v) is 14.4. The molecule has 1 saturated heterocycles. The molecule has 2 aliphatic rings. The lowest BCUT2D eigenvalue weighted by molar-refractivity contribution is -0.126. The Morgan fingerprint density at radius 1 is 1.19 bits per heavy atom. The molecular formula is C31H30BrN5O6. The minimum Gasteiger partial charge on any atom is -0.507 e. The lowest BCUT2D eigenvalue weighted by Gasteiger charge is -2.37. The van der Waals surface area contributed by atoms with Crippen molar-refractivity contribution < 1.29 is 29.3 Å². The van der Waals surface area contributed by atoms with Crippen LogP contribution in [0.2, 0.25) is 0 Å². The van der Waals surface area contributed by atoms with E-state index in [1.165, 1.54) is 17.9 Å². The van der Waals surface area contributed by atoms with Crippen LogP contribution in [0, 0.1) is 0 Å². The van der Waals surface area contributed by atoms with Gasteiger partial charge in [0.15, 0.2) is 6.10 Å². The molecule has 1 fully saturated rings. The first-order chi connectivity index (χ1) is 20.7. The van der Waals surface area contributed by atoms with E-state index in [1.54, 1.807) is 12.1 Å². The number of fused-ring (bicyclic) bond motifs is 1. The molecule has 1 atom stereocenters. The Hall–Kier alpha value is -4.81. The summed E-state index contributed by atoms with van der Waals surface area (Å²) in [6, 6.07) is 12.2. The van der Waals surface area contributed by atoms with E-state index in [1.807, 2.05) is 29.2 Å². The predicted molar refractivity (Wildman–Crippen MR) is 164 cm³/mol. The number of hydrogen-bond acceptors (Lipinski definition) is 7. The van der Waals surface area contributed by atoms with E-state index in [0.29, 0.717) is 42.5 Å². The fraction of sp³-hybridized carbons (Fsp3) is 0.323. The van der Waals surface area contributed by atoms with Crippen LogP contribution in [-0.2, 0) is 22.4 Å². The van der Waals surface area contributed by atoms with Crippen LogP contribution in [0.25, 0.3) is 0 Å². The topological polar surface area (TPSA) is 144 Å². The van der Waals surface area contributed by atoms with Gasteiger partial charge in [0, 0.05) is 56.4 Å². The number of urea groups is 1. The number of aromatic hydroxyl groups is 1. The van der Waals surface area contributed by atoms with Crippen LogP contribution in [0.15, 0.2) is 80.3 Å². The third kappa shape index (κ3) is 8.84. The quantitative estimate of drug-likeness (QED) is 0.231. The molecule has 0 radical (unpaired) electrons. The first kappa shape index (κ1) is 31.1. The number of halogens is 1. The maximum atomic E-state index is 13.2. The number of benzene rings is 2. The summed E-state index contributed by atoms with van der Waals surface area (Å²) in [5, 5.41) is 21.8. The lowest BCUT2D eigenvalue weighted by atomic mass is 10.0. The smallest absolute Gasteiger partial charge is 0.410 e. The van der Waals surface area contributed by atoms with Gasteiger partial charge in [-0.25, -0.2) is 9.59 Å². The van der Waals surface area contributed by atoms with E-state index >= 15 is 0 Å². The van der Waals surface area contributed by atoms with Gasteiger partial charge in [-0.3, -0.25) is 4.79 Å². The van der Waals surface area contributed by atoms with Crippen molar-refractivity contribution >= 4 is 51.4 Å². The summed E-state index contributed by atoms with van der Waals surface area (Å²) in [6.45, 7) is 2.69. The average Bonchev–Trinajstić information content (AvgIpc) is 3.16. The van der Waals surface area contributed by atoms with Crippen molar-refractivity contribution in [1.82, 2.24) is 9.80 Å². The van der Waals surface area contributed by atoms with Crippen molar-refractivity contribution in [2.45, 2.75) is 44.8 Å². The fourth-order valence-electron chi connectivity index (χ4n) is 4.73. The monoisotopic (exact) mass is 647 g/mol. The molecule has 43 heavy (non-hydrogen) atoms. The van der Waals surface area contributed by atoms with Crippen LogP contribution in [0.3, 0.4) is 0 Å². The number of nitrogens with zero attached hydrogens (tertiary/aromatic N) is 4. The number of amides is 4. The number of phenols is 1.